The molecule has 1 aromatic carbocycles. The number of aryl methyl sites for hydroxylation is 1. The summed E-state index contributed by atoms with van der Waals surface area (Å²) in [5.41, 5.74) is 1.05. The highest BCUT2D eigenvalue weighted by Crippen LogP contribution is 2.26. The molecular formula is C13H16N4O3. The van der Waals surface area contributed by atoms with Gasteiger partial charge >= 0.3 is 6.03 Å². The quantitative estimate of drug-likeness (QED) is 0.793. The topological polar surface area (TPSA) is 90.2 Å². The molecule has 2 amide bonds. The van der Waals surface area contributed by atoms with Gasteiger partial charge in [-0.3, -0.25) is 14.8 Å². The Morgan fingerprint density at radius 3 is 2.35 bits per heavy atom. The minimum atomic E-state index is -0.400. The highest BCUT2D eigenvalue weighted by atomic mass is 16.5. The van der Waals surface area contributed by atoms with Crippen molar-refractivity contribution in [1.29, 1.82) is 0 Å². The van der Waals surface area contributed by atoms with Crippen LogP contribution in [0, 0.1) is 6.92 Å². The van der Waals surface area contributed by atoms with E-state index in [9.17, 15) is 9.59 Å². The molecule has 0 spiro atoms. The van der Waals surface area contributed by atoms with E-state index in [4.69, 9.17) is 4.74 Å². The second-order valence-corrected chi connectivity index (χ2v) is 4.14. The number of aromatic amines is 2. The van der Waals surface area contributed by atoms with Crippen LogP contribution in [0.2, 0.25) is 0 Å². The number of anilines is 2. The fourth-order valence-electron chi connectivity index (χ4n) is 1.90. The number of nitrogens with zero attached hydrogens (tertiary/aromatic N) is 1. The van der Waals surface area contributed by atoms with Gasteiger partial charge in [0.2, 0.25) is 0 Å². The number of hydrogen-bond donors (Lipinski definition) is 3. The van der Waals surface area contributed by atoms with Crippen LogP contribution in [0.3, 0.4) is 0 Å². The van der Waals surface area contributed by atoms with Crippen molar-refractivity contribution in [2.75, 3.05) is 19.1 Å². The Morgan fingerprint density at radius 2 is 1.90 bits per heavy atom. The van der Waals surface area contributed by atoms with E-state index < -0.39 is 6.03 Å². The van der Waals surface area contributed by atoms with Crippen molar-refractivity contribution in [3.63, 3.8) is 0 Å². The van der Waals surface area contributed by atoms with Gasteiger partial charge in [-0.2, -0.15) is 0 Å². The molecule has 2 aromatic rings. The number of carbonyl (C=O) groups is 1. The minimum absolute atomic E-state index is 0.259. The molecule has 0 bridgehead atoms. The molecule has 1 heterocycles. The van der Waals surface area contributed by atoms with Crippen LogP contribution in [0.5, 0.6) is 5.75 Å². The van der Waals surface area contributed by atoms with Gasteiger partial charge in [-0.05, 0) is 31.2 Å². The Kier molecular flexibility index (Phi) is 3.79. The number of nitrogens with one attached hydrogen (secondary N) is 3. The van der Waals surface area contributed by atoms with Crippen molar-refractivity contribution in [2.24, 2.45) is 0 Å². The number of H-pyrrole nitrogens is 2. The van der Waals surface area contributed by atoms with Crippen molar-refractivity contribution >= 4 is 17.4 Å². The second-order valence-electron chi connectivity index (χ2n) is 4.14. The summed E-state index contributed by atoms with van der Waals surface area (Å²) < 4.78 is 5.08. The molecule has 0 fully saturated rings. The summed E-state index contributed by atoms with van der Waals surface area (Å²) in [5.74, 6) is 0.672. The third kappa shape index (κ3) is 2.37. The molecule has 2 rings (SSSR count). The van der Waals surface area contributed by atoms with Gasteiger partial charge in [-0.1, -0.05) is 0 Å². The zero-order chi connectivity index (χ0) is 14.7. The van der Waals surface area contributed by atoms with E-state index in [2.05, 4.69) is 15.5 Å². The molecule has 0 unspecified atom stereocenters. The van der Waals surface area contributed by atoms with Crippen LogP contribution in [0.4, 0.5) is 16.2 Å². The number of amides is 2. The summed E-state index contributed by atoms with van der Waals surface area (Å²) in [6.45, 7) is 1.71. The Balaban J connectivity index is 2.53. The molecule has 0 aliphatic carbocycles. The first-order chi connectivity index (χ1) is 9.58. The molecule has 0 aliphatic heterocycles. The van der Waals surface area contributed by atoms with Gasteiger partial charge in [-0.25, -0.2) is 4.79 Å². The molecule has 7 nitrogen and oxygen atoms in total. The van der Waals surface area contributed by atoms with Crippen LogP contribution in [-0.2, 0) is 0 Å². The van der Waals surface area contributed by atoms with E-state index in [1.54, 1.807) is 38.3 Å². The van der Waals surface area contributed by atoms with E-state index in [-0.39, 0.29) is 11.2 Å². The van der Waals surface area contributed by atoms with Crippen LogP contribution < -0.4 is 20.5 Å². The average molecular weight is 276 g/mol. The highest BCUT2D eigenvalue weighted by molar-refractivity contribution is 5.99. The molecule has 3 N–H and O–H groups in total. The predicted molar refractivity (Wildman–Crippen MR) is 75.7 cm³/mol. The fraction of sp³-hybridized carbons (Fsp3) is 0.231. The molecule has 0 saturated heterocycles. The van der Waals surface area contributed by atoms with Crippen molar-refractivity contribution in [3.8, 4) is 5.75 Å². The highest BCUT2D eigenvalue weighted by Gasteiger charge is 2.22. The zero-order valence-corrected chi connectivity index (χ0v) is 11.5. The SMILES string of the molecule is CNC(=O)N(c1ccc(OC)cc1)c1c(C)[nH][nH]c1=O. The first kappa shape index (κ1) is 13.7. The van der Waals surface area contributed by atoms with E-state index in [0.29, 0.717) is 17.1 Å². The second kappa shape index (κ2) is 5.52. The lowest BCUT2D eigenvalue weighted by Gasteiger charge is -2.21. The maximum absolute atomic E-state index is 12.1. The monoisotopic (exact) mass is 276 g/mol. The summed E-state index contributed by atoms with van der Waals surface area (Å²) in [6, 6.07) is 6.46. The molecule has 0 aliphatic rings. The van der Waals surface area contributed by atoms with Gasteiger partial charge in [0.25, 0.3) is 5.56 Å². The van der Waals surface area contributed by atoms with E-state index in [1.165, 1.54) is 11.9 Å². The third-order valence-electron chi connectivity index (χ3n) is 2.90. The molecule has 7 heteroatoms. The summed E-state index contributed by atoms with van der Waals surface area (Å²) in [5, 5.41) is 7.69. The summed E-state index contributed by atoms with van der Waals surface area (Å²) >= 11 is 0. The number of methoxy groups -OCH3 is 1. The molecule has 1 aromatic heterocycles. The Labute approximate surface area is 115 Å². The molecule has 106 valence electrons. The van der Waals surface area contributed by atoms with Gasteiger partial charge in [-0.15, -0.1) is 0 Å². The first-order valence-corrected chi connectivity index (χ1v) is 6.01. The number of urea groups is 1. The van der Waals surface area contributed by atoms with Gasteiger partial charge in [0.05, 0.1) is 18.5 Å². The van der Waals surface area contributed by atoms with Crippen LogP contribution in [0.25, 0.3) is 0 Å². The van der Waals surface area contributed by atoms with Crippen LogP contribution in [-0.4, -0.2) is 30.4 Å². The van der Waals surface area contributed by atoms with E-state index >= 15 is 0 Å². The number of benzene rings is 1. The third-order valence-corrected chi connectivity index (χ3v) is 2.90. The lowest BCUT2D eigenvalue weighted by molar-refractivity contribution is 0.250. The number of carbonyl (C=O) groups excluding carboxylic acids is 1. The summed E-state index contributed by atoms with van der Waals surface area (Å²) in [4.78, 5) is 25.3. The summed E-state index contributed by atoms with van der Waals surface area (Å²) in [6.07, 6.45) is 0. The lowest BCUT2D eigenvalue weighted by atomic mass is 10.2. The average Bonchev–Trinajstić information content (AvgIpc) is 2.80. The molecule has 0 saturated carbocycles. The number of ether oxygens (including phenoxy) is 1. The van der Waals surface area contributed by atoms with Gasteiger partial charge in [0.1, 0.15) is 11.4 Å². The van der Waals surface area contributed by atoms with Gasteiger partial charge < -0.3 is 15.2 Å². The van der Waals surface area contributed by atoms with Crippen molar-refractivity contribution in [2.45, 2.75) is 6.92 Å². The normalized spacial score (nSPS) is 10.2. The smallest absolute Gasteiger partial charge is 0.326 e. The maximum Gasteiger partial charge on any atom is 0.326 e. The van der Waals surface area contributed by atoms with Crippen molar-refractivity contribution in [3.05, 3.63) is 40.3 Å². The molecular weight excluding hydrogens is 260 g/mol. The Hall–Kier alpha value is -2.70. The van der Waals surface area contributed by atoms with Crippen LogP contribution in [0.15, 0.2) is 29.1 Å². The van der Waals surface area contributed by atoms with Crippen LogP contribution >= 0.6 is 0 Å². The fourth-order valence-corrected chi connectivity index (χ4v) is 1.90. The Morgan fingerprint density at radius 1 is 1.25 bits per heavy atom. The van der Waals surface area contributed by atoms with Gasteiger partial charge in [0.15, 0.2) is 0 Å². The zero-order valence-electron chi connectivity index (χ0n) is 11.5. The molecule has 0 atom stereocenters. The standard InChI is InChI=1S/C13H16N4O3/c1-8-11(12(18)16-15-8)17(13(19)14-2)9-4-6-10(20-3)7-5-9/h4-7H,1-3H3,(H,14,19)(H2,15,16,18). The lowest BCUT2D eigenvalue weighted by Crippen LogP contribution is -2.36. The van der Waals surface area contributed by atoms with E-state index in [0.717, 1.165) is 0 Å². The largest absolute Gasteiger partial charge is 0.497 e. The Bertz CT molecular complexity index is 657. The summed E-state index contributed by atoms with van der Waals surface area (Å²) in [7, 11) is 3.07. The minimum Gasteiger partial charge on any atom is -0.497 e. The van der Waals surface area contributed by atoms with Crippen molar-refractivity contribution in [1.82, 2.24) is 15.5 Å². The maximum atomic E-state index is 12.1. The van der Waals surface area contributed by atoms with Crippen molar-refractivity contribution < 1.29 is 9.53 Å². The number of aromatic nitrogens is 2. The number of rotatable bonds is 3. The van der Waals surface area contributed by atoms with E-state index in [1.807, 2.05) is 0 Å². The molecule has 20 heavy (non-hydrogen) atoms. The van der Waals surface area contributed by atoms with Gasteiger partial charge in [0, 0.05) is 7.05 Å². The van der Waals surface area contributed by atoms with Crippen LogP contribution in [0.1, 0.15) is 5.69 Å². The predicted octanol–water partition coefficient (Wildman–Crippen LogP) is 1.50. The first-order valence-electron chi connectivity index (χ1n) is 6.01. The number of hydrogen-bond acceptors (Lipinski definition) is 3. The molecule has 0 radical (unpaired) electrons.